The minimum Gasteiger partial charge on any atom is -0.493 e. The standard InChI is InChI=1S/C22H24N2O6/c1-27-17-5-2-3-6-18(17)28-14-21(25)23-9-4-10-24(12-11-23)22(26)16-7-8-19-20(13-16)30-15-29-19/h2-3,5-8,13H,4,9-12,14-15H2,1H3. The van der Waals surface area contributed by atoms with E-state index in [2.05, 4.69) is 0 Å². The van der Waals surface area contributed by atoms with E-state index in [9.17, 15) is 9.59 Å². The molecule has 0 unspecified atom stereocenters. The second kappa shape index (κ2) is 8.94. The second-order valence-electron chi connectivity index (χ2n) is 7.03. The summed E-state index contributed by atoms with van der Waals surface area (Å²) < 4.78 is 21.5. The van der Waals surface area contributed by atoms with E-state index in [1.165, 1.54) is 0 Å². The third kappa shape index (κ3) is 4.27. The van der Waals surface area contributed by atoms with Gasteiger partial charge in [0.1, 0.15) is 0 Å². The van der Waals surface area contributed by atoms with Crippen LogP contribution >= 0.6 is 0 Å². The van der Waals surface area contributed by atoms with Gasteiger partial charge in [-0.3, -0.25) is 9.59 Å². The normalized spacial score (nSPS) is 15.5. The first kappa shape index (κ1) is 19.9. The van der Waals surface area contributed by atoms with Gasteiger partial charge < -0.3 is 28.7 Å². The Hall–Kier alpha value is -3.42. The molecule has 8 nitrogen and oxygen atoms in total. The average molecular weight is 412 g/mol. The van der Waals surface area contributed by atoms with Crippen molar-refractivity contribution in [2.24, 2.45) is 0 Å². The zero-order chi connectivity index (χ0) is 20.9. The fourth-order valence-corrected chi connectivity index (χ4v) is 3.55. The van der Waals surface area contributed by atoms with Gasteiger partial charge in [0.2, 0.25) is 6.79 Å². The van der Waals surface area contributed by atoms with Crippen molar-refractivity contribution in [2.45, 2.75) is 6.42 Å². The summed E-state index contributed by atoms with van der Waals surface area (Å²) in [6, 6.07) is 12.4. The van der Waals surface area contributed by atoms with Crippen LogP contribution in [0.1, 0.15) is 16.8 Å². The summed E-state index contributed by atoms with van der Waals surface area (Å²) in [5, 5.41) is 0. The van der Waals surface area contributed by atoms with Crippen molar-refractivity contribution in [2.75, 3.05) is 46.7 Å². The molecule has 0 saturated carbocycles. The number of hydrogen-bond acceptors (Lipinski definition) is 6. The van der Waals surface area contributed by atoms with Crippen LogP contribution in [0.4, 0.5) is 0 Å². The van der Waals surface area contributed by atoms with E-state index >= 15 is 0 Å². The highest BCUT2D eigenvalue weighted by Gasteiger charge is 2.24. The van der Waals surface area contributed by atoms with Crippen molar-refractivity contribution in [3.8, 4) is 23.0 Å². The van der Waals surface area contributed by atoms with Gasteiger partial charge in [-0.15, -0.1) is 0 Å². The molecule has 2 aromatic rings. The molecular weight excluding hydrogens is 388 g/mol. The summed E-state index contributed by atoms with van der Waals surface area (Å²) in [7, 11) is 1.56. The van der Waals surface area contributed by atoms with Gasteiger partial charge in [0, 0.05) is 31.7 Å². The number of ether oxygens (including phenoxy) is 4. The van der Waals surface area contributed by atoms with Crippen LogP contribution in [0, 0.1) is 0 Å². The average Bonchev–Trinajstić information content (AvgIpc) is 3.11. The van der Waals surface area contributed by atoms with Crippen molar-refractivity contribution in [1.82, 2.24) is 9.80 Å². The predicted octanol–water partition coefficient (Wildman–Crippen LogP) is 2.18. The molecule has 2 aromatic carbocycles. The number of amides is 2. The van der Waals surface area contributed by atoms with Gasteiger partial charge in [-0.1, -0.05) is 12.1 Å². The molecule has 8 heteroatoms. The molecule has 1 fully saturated rings. The van der Waals surface area contributed by atoms with Crippen LogP contribution in [0.25, 0.3) is 0 Å². The number of benzene rings is 2. The lowest BCUT2D eigenvalue weighted by molar-refractivity contribution is -0.133. The summed E-state index contributed by atoms with van der Waals surface area (Å²) >= 11 is 0. The Balaban J connectivity index is 1.33. The maximum atomic E-state index is 12.9. The van der Waals surface area contributed by atoms with Crippen LogP contribution in [0.15, 0.2) is 42.5 Å². The Labute approximate surface area is 174 Å². The van der Waals surface area contributed by atoms with E-state index in [0.717, 1.165) is 0 Å². The number of carbonyl (C=O) groups is 2. The lowest BCUT2D eigenvalue weighted by atomic mass is 10.1. The molecule has 0 atom stereocenters. The van der Waals surface area contributed by atoms with Crippen LogP contribution in [-0.4, -0.2) is 68.3 Å². The number of hydrogen-bond donors (Lipinski definition) is 0. The zero-order valence-electron chi connectivity index (χ0n) is 16.8. The zero-order valence-corrected chi connectivity index (χ0v) is 16.8. The lowest BCUT2D eigenvalue weighted by Crippen LogP contribution is -2.39. The van der Waals surface area contributed by atoms with E-state index in [-0.39, 0.29) is 25.2 Å². The third-order valence-electron chi connectivity index (χ3n) is 5.18. The summed E-state index contributed by atoms with van der Waals surface area (Å²) in [6.07, 6.45) is 0.705. The molecular formula is C22H24N2O6. The van der Waals surface area contributed by atoms with Crippen molar-refractivity contribution >= 4 is 11.8 Å². The van der Waals surface area contributed by atoms with Gasteiger partial charge >= 0.3 is 0 Å². The number of nitrogens with zero attached hydrogens (tertiary/aromatic N) is 2. The first-order valence-electron chi connectivity index (χ1n) is 9.88. The lowest BCUT2D eigenvalue weighted by Gasteiger charge is -2.22. The van der Waals surface area contributed by atoms with E-state index < -0.39 is 0 Å². The predicted molar refractivity (Wildman–Crippen MR) is 108 cm³/mol. The Morgan fingerprint density at radius 1 is 0.933 bits per heavy atom. The molecule has 0 spiro atoms. The van der Waals surface area contributed by atoms with Crippen molar-refractivity contribution in [3.05, 3.63) is 48.0 Å². The topological polar surface area (TPSA) is 77.5 Å². The molecule has 0 radical (unpaired) electrons. The van der Waals surface area contributed by atoms with Gasteiger partial charge in [-0.2, -0.15) is 0 Å². The van der Waals surface area contributed by atoms with Crippen molar-refractivity contribution < 1.29 is 28.5 Å². The molecule has 2 aliphatic heterocycles. The Kier molecular flexibility index (Phi) is 5.92. The molecule has 0 N–H and O–H groups in total. The van der Waals surface area contributed by atoms with E-state index in [1.807, 2.05) is 12.1 Å². The molecule has 0 aliphatic carbocycles. The van der Waals surface area contributed by atoms with Gasteiger partial charge in [-0.25, -0.2) is 0 Å². The smallest absolute Gasteiger partial charge is 0.260 e. The van der Waals surface area contributed by atoms with Crippen molar-refractivity contribution in [1.29, 1.82) is 0 Å². The van der Waals surface area contributed by atoms with Crippen LogP contribution in [0.5, 0.6) is 23.0 Å². The Morgan fingerprint density at radius 2 is 1.67 bits per heavy atom. The SMILES string of the molecule is COc1ccccc1OCC(=O)N1CCCN(C(=O)c2ccc3c(c2)OCO3)CC1. The minimum atomic E-state index is -0.113. The monoisotopic (exact) mass is 412 g/mol. The number of para-hydroxylation sites is 2. The molecule has 0 aromatic heterocycles. The first-order chi connectivity index (χ1) is 14.7. The van der Waals surface area contributed by atoms with Crippen molar-refractivity contribution in [3.63, 3.8) is 0 Å². The van der Waals surface area contributed by atoms with Gasteiger partial charge in [-0.05, 0) is 36.8 Å². The second-order valence-corrected chi connectivity index (χ2v) is 7.03. The van der Waals surface area contributed by atoms with Gasteiger partial charge in [0.25, 0.3) is 11.8 Å². The molecule has 158 valence electrons. The highest BCUT2D eigenvalue weighted by Crippen LogP contribution is 2.33. The molecule has 1 saturated heterocycles. The minimum absolute atomic E-state index is 0.0729. The van der Waals surface area contributed by atoms with Crippen LogP contribution in [-0.2, 0) is 4.79 Å². The van der Waals surface area contributed by atoms with E-state index in [4.69, 9.17) is 18.9 Å². The van der Waals surface area contributed by atoms with Gasteiger partial charge in [0.05, 0.1) is 7.11 Å². The fraction of sp³-hybridized carbons (Fsp3) is 0.364. The van der Waals surface area contributed by atoms with Crippen LogP contribution < -0.4 is 18.9 Å². The number of methoxy groups -OCH3 is 1. The highest BCUT2D eigenvalue weighted by atomic mass is 16.7. The quantitative estimate of drug-likeness (QED) is 0.749. The Bertz CT molecular complexity index is 932. The van der Waals surface area contributed by atoms with Crippen LogP contribution in [0.2, 0.25) is 0 Å². The molecule has 4 rings (SSSR count). The summed E-state index contributed by atoms with van der Waals surface area (Å²) in [5.74, 6) is 2.16. The third-order valence-corrected chi connectivity index (χ3v) is 5.18. The van der Waals surface area contributed by atoms with Crippen LogP contribution in [0.3, 0.4) is 0 Å². The van der Waals surface area contributed by atoms with E-state index in [1.54, 1.807) is 47.2 Å². The highest BCUT2D eigenvalue weighted by molar-refractivity contribution is 5.95. The molecule has 2 amide bonds. The summed E-state index contributed by atoms with van der Waals surface area (Å²) in [6.45, 7) is 2.20. The molecule has 30 heavy (non-hydrogen) atoms. The maximum Gasteiger partial charge on any atom is 0.260 e. The number of carbonyl (C=O) groups excluding carboxylic acids is 2. The fourth-order valence-electron chi connectivity index (χ4n) is 3.55. The number of rotatable bonds is 5. The molecule has 0 bridgehead atoms. The maximum absolute atomic E-state index is 12.9. The largest absolute Gasteiger partial charge is 0.493 e. The number of fused-ring (bicyclic) bond motifs is 1. The Morgan fingerprint density at radius 3 is 2.50 bits per heavy atom. The van der Waals surface area contributed by atoms with E-state index in [0.29, 0.717) is 61.2 Å². The summed E-state index contributed by atoms with van der Waals surface area (Å²) in [5.41, 5.74) is 0.554. The molecule has 2 aliphatic rings. The molecule has 2 heterocycles. The van der Waals surface area contributed by atoms with Gasteiger partial charge in [0.15, 0.2) is 29.6 Å². The first-order valence-corrected chi connectivity index (χ1v) is 9.88. The summed E-state index contributed by atoms with van der Waals surface area (Å²) in [4.78, 5) is 29.0.